The summed E-state index contributed by atoms with van der Waals surface area (Å²) in [7, 11) is -3.71. The van der Waals surface area contributed by atoms with Crippen LogP contribution in [0.25, 0.3) is 5.69 Å². The molecule has 6 nitrogen and oxygen atoms in total. The van der Waals surface area contributed by atoms with Crippen molar-refractivity contribution < 1.29 is 12.8 Å². The molecular formula is C23H27FN4O2S. The van der Waals surface area contributed by atoms with Gasteiger partial charge < -0.3 is 4.90 Å². The van der Waals surface area contributed by atoms with Gasteiger partial charge in [0.2, 0.25) is 10.0 Å². The molecule has 0 saturated carbocycles. The zero-order valence-electron chi connectivity index (χ0n) is 18.0. The Morgan fingerprint density at radius 3 is 2.06 bits per heavy atom. The Hall–Kier alpha value is -2.71. The summed E-state index contributed by atoms with van der Waals surface area (Å²) in [5.74, 6) is -0.282. The van der Waals surface area contributed by atoms with Gasteiger partial charge in [-0.2, -0.15) is 9.40 Å². The summed E-state index contributed by atoms with van der Waals surface area (Å²) < 4.78 is 43.6. The average molecular weight is 443 g/mol. The molecule has 1 saturated heterocycles. The molecule has 4 rings (SSSR count). The Kier molecular flexibility index (Phi) is 5.61. The van der Waals surface area contributed by atoms with E-state index in [0.717, 1.165) is 11.4 Å². The van der Waals surface area contributed by atoms with Crippen molar-refractivity contribution >= 4 is 15.7 Å². The molecule has 164 valence electrons. The molecule has 31 heavy (non-hydrogen) atoms. The second-order valence-corrected chi connectivity index (χ2v) is 10.6. The fourth-order valence-electron chi connectivity index (χ4n) is 3.76. The number of para-hydroxylation sites is 1. The van der Waals surface area contributed by atoms with Crippen LogP contribution in [-0.2, 0) is 15.4 Å². The van der Waals surface area contributed by atoms with Crippen molar-refractivity contribution in [3.63, 3.8) is 0 Å². The third kappa shape index (κ3) is 4.36. The minimum Gasteiger partial charge on any atom is -0.369 e. The van der Waals surface area contributed by atoms with Crippen molar-refractivity contribution in [3.8, 4) is 5.69 Å². The Balaban J connectivity index is 1.61. The average Bonchev–Trinajstić information content (AvgIpc) is 3.22. The minimum atomic E-state index is -3.71. The molecule has 0 radical (unpaired) electrons. The van der Waals surface area contributed by atoms with E-state index in [9.17, 15) is 12.8 Å². The van der Waals surface area contributed by atoms with Gasteiger partial charge in [0.25, 0.3) is 0 Å². The maximum absolute atomic E-state index is 13.6. The number of halogens is 1. The first-order valence-electron chi connectivity index (χ1n) is 10.3. The van der Waals surface area contributed by atoms with E-state index in [1.54, 1.807) is 23.0 Å². The zero-order chi connectivity index (χ0) is 22.2. The van der Waals surface area contributed by atoms with Crippen molar-refractivity contribution in [3.05, 3.63) is 72.3 Å². The monoisotopic (exact) mass is 442 g/mol. The SMILES string of the molecule is CC(C)(C)c1nn(-c2ccccc2)cc1S(=O)(=O)N1CCN(c2ccc(F)cc2)CC1. The van der Waals surface area contributed by atoms with Crippen LogP contribution in [0.1, 0.15) is 26.5 Å². The summed E-state index contributed by atoms with van der Waals surface area (Å²) in [5.41, 5.74) is 1.83. The number of nitrogens with zero attached hydrogens (tertiary/aromatic N) is 4. The molecule has 0 unspecified atom stereocenters. The topological polar surface area (TPSA) is 58.4 Å². The lowest BCUT2D eigenvalue weighted by atomic mass is 9.92. The summed E-state index contributed by atoms with van der Waals surface area (Å²) in [4.78, 5) is 2.32. The van der Waals surface area contributed by atoms with Crippen molar-refractivity contribution in [2.24, 2.45) is 0 Å². The molecule has 8 heteroatoms. The van der Waals surface area contributed by atoms with Crippen LogP contribution in [0.15, 0.2) is 65.7 Å². The molecule has 0 bridgehead atoms. The third-order valence-electron chi connectivity index (χ3n) is 5.46. The number of aromatic nitrogens is 2. The fourth-order valence-corrected chi connectivity index (χ4v) is 5.50. The highest BCUT2D eigenvalue weighted by molar-refractivity contribution is 7.89. The van der Waals surface area contributed by atoms with Crippen molar-refractivity contribution in [2.45, 2.75) is 31.1 Å². The summed E-state index contributed by atoms with van der Waals surface area (Å²) in [6.45, 7) is 7.72. The molecule has 0 N–H and O–H groups in total. The predicted octanol–water partition coefficient (Wildman–Crippen LogP) is 3.82. The molecule has 1 aliphatic heterocycles. The second-order valence-electron chi connectivity index (χ2n) is 8.74. The molecule has 0 amide bonds. The number of benzene rings is 2. The van der Waals surface area contributed by atoms with Gasteiger partial charge in [0.1, 0.15) is 10.7 Å². The normalized spacial score (nSPS) is 15.9. The highest BCUT2D eigenvalue weighted by Crippen LogP contribution is 2.31. The molecule has 1 aliphatic rings. The lowest BCUT2D eigenvalue weighted by molar-refractivity contribution is 0.383. The van der Waals surface area contributed by atoms with Gasteiger partial charge in [-0.15, -0.1) is 0 Å². The summed E-state index contributed by atoms with van der Waals surface area (Å²) >= 11 is 0. The smallest absolute Gasteiger partial charge is 0.246 e. The summed E-state index contributed by atoms with van der Waals surface area (Å²) in [6, 6.07) is 15.8. The van der Waals surface area contributed by atoms with E-state index in [1.807, 2.05) is 51.1 Å². The molecule has 0 atom stereocenters. The maximum atomic E-state index is 13.6. The standard InChI is InChI=1S/C23H27FN4O2S/c1-23(2,3)22-21(17-28(25-22)20-7-5-4-6-8-20)31(29,30)27-15-13-26(14-16-27)19-11-9-18(24)10-12-19/h4-12,17H,13-16H2,1-3H3. The Morgan fingerprint density at radius 2 is 1.48 bits per heavy atom. The molecule has 2 heterocycles. The quantitative estimate of drug-likeness (QED) is 0.616. The van der Waals surface area contributed by atoms with Crippen LogP contribution >= 0.6 is 0 Å². The van der Waals surface area contributed by atoms with E-state index in [1.165, 1.54) is 16.4 Å². The Bertz CT molecular complexity index is 1140. The van der Waals surface area contributed by atoms with Crippen LogP contribution in [0.2, 0.25) is 0 Å². The van der Waals surface area contributed by atoms with Crippen LogP contribution in [-0.4, -0.2) is 48.7 Å². The Labute approximate surface area is 183 Å². The maximum Gasteiger partial charge on any atom is 0.246 e. The highest BCUT2D eigenvalue weighted by atomic mass is 32.2. The Morgan fingerprint density at radius 1 is 0.871 bits per heavy atom. The lowest BCUT2D eigenvalue weighted by Crippen LogP contribution is -2.48. The first-order chi connectivity index (χ1) is 14.7. The van der Waals surface area contributed by atoms with Crippen LogP contribution in [0, 0.1) is 5.82 Å². The van der Waals surface area contributed by atoms with E-state index >= 15 is 0 Å². The van der Waals surface area contributed by atoms with Crippen molar-refractivity contribution in [2.75, 3.05) is 31.1 Å². The van der Waals surface area contributed by atoms with E-state index in [0.29, 0.717) is 31.9 Å². The van der Waals surface area contributed by atoms with Crippen LogP contribution in [0.3, 0.4) is 0 Å². The first kappa shape index (κ1) is 21.5. The number of rotatable bonds is 4. The number of hydrogen-bond donors (Lipinski definition) is 0. The number of hydrogen-bond acceptors (Lipinski definition) is 4. The van der Waals surface area contributed by atoms with E-state index in [4.69, 9.17) is 0 Å². The third-order valence-corrected chi connectivity index (χ3v) is 7.36. The van der Waals surface area contributed by atoms with Gasteiger partial charge in [-0.1, -0.05) is 39.0 Å². The van der Waals surface area contributed by atoms with Crippen molar-refractivity contribution in [1.29, 1.82) is 0 Å². The van der Waals surface area contributed by atoms with Crippen LogP contribution in [0.4, 0.5) is 10.1 Å². The largest absolute Gasteiger partial charge is 0.369 e. The molecule has 3 aromatic rings. The predicted molar refractivity (Wildman–Crippen MR) is 120 cm³/mol. The van der Waals surface area contributed by atoms with Gasteiger partial charge in [0.15, 0.2) is 0 Å². The highest BCUT2D eigenvalue weighted by Gasteiger charge is 2.35. The molecule has 1 aromatic heterocycles. The summed E-state index contributed by atoms with van der Waals surface area (Å²) in [5, 5.41) is 4.65. The molecule has 0 spiro atoms. The number of anilines is 1. The fraction of sp³-hybridized carbons (Fsp3) is 0.348. The molecule has 1 fully saturated rings. The van der Waals surface area contributed by atoms with E-state index in [-0.39, 0.29) is 10.7 Å². The van der Waals surface area contributed by atoms with Crippen LogP contribution in [0.5, 0.6) is 0 Å². The molecule has 0 aliphatic carbocycles. The first-order valence-corrected chi connectivity index (χ1v) is 11.8. The summed E-state index contributed by atoms with van der Waals surface area (Å²) in [6.07, 6.45) is 1.62. The van der Waals surface area contributed by atoms with Gasteiger partial charge in [-0.3, -0.25) is 0 Å². The number of sulfonamides is 1. The van der Waals surface area contributed by atoms with Gasteiger partial charge >= 0.3 is 0 Å². The van der Waals surface area contributed by atoms with Gasteiger partial charge in [-0.05, 0) is 36.4 Å². The molecular weight excluding hydrogens is 415 g/mol. The zero-order valence-corrected chi connectivity index (χ0v) is 18.8. The lowest BCUT2D eigenvalue weighted by Gasteiger charge is -2.35. The molecule has 2 aromatic carbocycles. The van der Waals surface area contributed by atoms with Crippen LogP contribution < -0.4 is 4.90 Å². The van der Waals surface area contributed by atoms with Gasteiger partial charge in [-0.25, -0.2) is 17.5 Å². The van der Waals surface area contributed by atoms with Gasteiger partial charge in [0.05, 0.1) is 17.6 Å². The van der Waals surface area contributed by atoms with E-state index in [2.05, 4.69) is 10.00 Å². The minimum absolute atomic E-state index is 0.249. The van der Waals surface area contributed by atoms with E-state index < -0.39 is 15.4 Å². The second kappa shape index (κ2) is 8.09. The van der Waals surface area contributed by atoms with Gasteiger partial charge in [0, 0.05) is 37.3 Å². The van der Waals surface area contributed by atoms with Crippen molar-refractivity contribution in [1.82, 2.24) is 14.1 Å². The number of piperazine rings is 1.